The van der Waals surface area contributed by atoms with E-state index in [9.17, 15) is 14.0 Å². The zero-order valence-electron chi connectivity index (χ0n) is 14.8. The summed E-state index contributed by atoms with van der Waals surface area (Å²) in [4.78, 5) is 23.7. The van der Waals surface area contributed by atoms with Crippen molar-refractivity contribution in [2.24, 2.45) is 0 Å². The fraction of sp³-hybridized carbons (Fsp3) is 0.263. The fourth-order valence-corrected chi connectivity index (χ4v) is 2.07. The summed E-state index contributed by atoms with van der Waals surface area (Å²) in [6.07, 6.45) is -0.816. The van der Waals surface area contributed by atoms with E-state index in [2.05, 4.69) is 10.9 Å². The van der Waals surface area contributed by atoms with Crippen LogP contribution in [-0.4, -0.2) is 24.5 Å². The van der Waals surface area contributed by atoms with Crippen molar-refractivity contribution in [2.45, 2.75) is 26.9 Å². The molecular formula is C19H21FN2O4. The Balaban J connectivity index is 1.79. The van der Waals surface area contributed by atoms with Crippen LogP contribution in [0, 0.1) is 19.7 Å². The van der Waals surface area contributed by atoms with Crippen LogP contribution in [0.3, 0.4) is 0 Å². The van der Waals surface area contributed by atoms with Crippen LogP contribution in [0.15, 0.2) is 42.5 Å². The molecule has 2 N–H and O–H groups in total. The Hall–Kier alpha value is -3.09. The Kier molecular flexibility index (Phi) is 6.54. The van der Waals surface area contributed by atoms with Gasteiger partial charge < -0.3 is 9.47 Å². The Morgan fingerprint density at radius 2 is 1.73 bits per heavy atom. The fourth-order valence-electron chi connectivity index (χ4n) is 2.07. The number of amides is 2. The Bertz CT molecular complexity index is 795. The van der Waals surface area contributed by atoms with E-state index in [-0.39, 0.29) is 5.75 Å². The molecule has 0 aromatic heterocycles. The van der Waals surface area contributed by atoms with Crippen molar-refractivity contribution >= 4 is 11.8 Å². The number of rotatable bonds is 6. The summed E-state index contributed by atoms with van der Waals surface area (Å²) in [5.41, 5.74) is 6.44. The molecule has 0 aliphatic rings. The molecule has 0 radical (unpaired) electrons. The average molecular weight is 360 g/mol. The third-order valence-corrected chi connectivity index (χ3v) is 3.75. The lowest BCUT2D eigenvalue weighted by molar-refractivity contribution is -0.133. The number of hydrogen-bond acceptors (Lipinski definition) is 4. The van der Waals surface area contributed by atoms with Gasteiger partial charge in [-0.15, -0.1) is 0 Å². The van der Waals surface area contributed by atoms with Gasteiger partial charge in [0.05, 0.1) is 0 Å². The Morgan fingerprint density at radius 3 is 2.46 bits per heavy atom. The van der Waals surface area contributed by atoms with E-state index in [0.29, 0.717) is 5.75 Å². The molecule has 2 aromatic carbocycles. The Labute approximate surface area is 151 Å². The van der Waals surface area contributed by atoms with Crippen LogP contribution in [0.2, 0.25) is 0 Å². The van der Waals surface area contributed by atoms with Gasteiger partial charge in [0.25, 0.3) is 11.8 Å². The first-order chi connectivity index (χ1) is 12.4. The van der Waals surface area contributed by atoms with Crippen molar-refractivity contribution in [2.75, 3.05) is 6.61 Å². The van der Waals surface area contributed by atoms with E-state index in [0.717, 1.165) is 11.1 Å². The number of carbonyl (C=O) groups is 2. The molecule has 1 atom stereocenters. The second kappa shape index (κ2) is 8.84. The molecule has 0 fully saturated rings. The van der Waals surface area contributed by atoms with Crippen molar-refractivity contribution < 1.29 is 23.5 Å². The summed E-state index contributed by atoms with van der Waals surface area (Å²) in [5.74, 6) is -1.16. The van der Waals surface area contributed by atoms with Gasteiger partial charge in [0.2, 0.25) is 0 Å². The number of para-hydroxylation sites is 1. The molecule has 26 heavy (non-hydrogen) atoms. The van der Waals surface area contributed by atoms with E-state index >= 15 is 0 Å². The van der Waals surface area contributed by atoms with Crippen molar-refractivity contribution in [1.29, 1.82) is 0 Å². The van der Waals surface area contributed by atoms with E-state index in [1.165, 1.54) is 18.2 Å². The maximum absolute atomic E-state index is 13.4. The SMILES string of the molecule is Cc1cccc(OC(C)C(=O)NNC(=O)COc2ccccc2F)c1C. The molecule has 2 aromatic rings. The molecule has 0 spiro atoms. The van der Waals surface area contributed by atoms with Crippen LogP contribution < -0.4 is 20.3 Å². The summed E-state index contributed by atoms with van der Waals surface area (Å²) < 4.78 is 24.1. The van der Waals surface area contributed by atoms with Gasteiger partial charge in [0.15, 0.2) is 24.3 Å². The van der Waals surface area contributed by atoms with Crippen molar-refractivity contribution in [1.82, 2.24) is 10.9 Å². The molecule has 0 saturated heterocycles. The minimum atomic E-state index is -0.816. The molecule has 1 unspecified atom stereocenters. The van der Waals surface area contributed by atoms with Crippen LogP contribution >= 0.6 is 0 Å². The summed E-state index contributed by atoms with van der Waals surface area (Å²) >= 11 is 0. The average Bonchev–Trinajstić information content (AvgIpc) is 2.62. The highest BCUT2D eigenvalue weighted by atomic mass is 19.1. The molecule has 2 amide bonds. The number of aryl methyl sites for hydroxylation is 1. The van der Waals surface area contributed by atoms with E-state index in [1.54, 1.807) is 19.1 Å². The molecule has 7 heteroatoms. The smallest absolute Gasteiger partial charge is 0.279 e. The van der Waals surface area contributed by atoms with Gasteiger partial charge in [-0.3, -0.25) is 20.4 Å². The van der Waals surface area contributed by atoms with Crippen molar-refractivity contribution in [3.63, 3.8) is 0 Å². The Morgan fingerprint density at radius 1 is 1.04 bits per heavy atom. The highest BCUT2D eigenvalue weighted by molar-refractivity contribution is 5.85. The van der Waals surface area contributed by atoms with Crippen LogP contribution in [0.5, 0.6) is 11.5 Å². The third-order valence-electron chi connectivity index (χ3n) is 3.75. The topological polar surface area (TPSA) is 76.7 Å². The predicted octanol–water partition coefficient (Wildman–Crippen LogP) is 2.44. The first-order valence-electron chi connectivity index (χ1n) is 8.07. The number of hydrazine groups is 1. The van der Waals surface area contributed by atoms with Gasteiger partial charge >= 0.3 is 0 Å². The maximum atomic E-state index is 13.4. The molecule has 0 aliphatic carbocycles. The number of benzene rings is 2. The van der Waals surface area contributed by atoms with Gasteiger partial charge in [0, 0.05) is 0 Å². The molecular weight excluding hydrogens is 339 g/mol. The highest BCUT2D eigenvalue weighted by Crippen LogP contribution is 2.21. The quantitative estimate of drug-likeness (QED) is 0.776. The summed E-state index contributed by atoms with van der Waals surface area (Å²) in [6, 6.07) is 11.3. The van der Waals surface area contributed by atoms with Gasteiger partial charge in [-0.2, -0.15) is 0 Å². The van der Waals surface area contributed by atoms with Gasteiger partial charge in [-0.25, -0.2) is 4.39 Å². The van der Waals surface area contributed by atoms with Crippen molar-refractivity contribution in [3.05, 3.63) is 59.4 Å². The number of hydrogen-bond donors (Lipinski definition) is 2. The van der Waals surface area contributed by atoms with Crippen LogP contribution in [0.1, 0.15) is 18.1 Å². The van der Waals surface area contributed by atoms with E-state index in [1.807, 2.05) is 26.0 Å². The zero-order valence-corrected chi connectivity index (χ0v) is 14.8. The number of carbonyl (C=O) groups excluding carboxylic acids is 2. The van der Waals surface area contributed by atoms with Gasteiger partial charge in [-0.05, 0) is 50.1 Å². The van der Waals surface area contributed by atoms with Crippen molar-refractivity contribution in [3.8, 4) is 11.5 Å². The minimum absolute atomic E-state index is 0.0411. The lowest BCUT2D eigenvalue weighted by Gasteiger charge is -2.17. The van der Waals surface area contributed by atoms with Crippen LogP contribution in [-0.2, 0) is 9.59 Å². The molecule has 0 bridgehead atoms. The molecule has 2 rings (SSSR count). The van der Waals surface area contributed by atoms with Crippen LogP contribution in [0.4, 0.5) is 4.39 Å². The monoisotopic (exact) mass is 360 g/mol. The first kappa shape index (κ1) is 19.2. The standard InChI is InChI=1S/C19H21FN2O4/c1-12-7-6-10-16(13(12)2)26-14(3)19(24)22-21-18(23)11-25-17-9-5-4-8-15(17)20/h4-10,14H,11H2,1-3H3,(H,21,23)(H,22,24). The summed E-state index contributed by atoms with van der Waals surface area (Å²) in [7, 11) is 0. The lowest BCUT2D eigenvalue weighted by Crippen LogP contribution is -2.48. The largest absolute Gasteiger partial charge is 0.481 e. The summed E-state index contributed by atoms with van der Waals surface area (Å²) in [6.45, 7) is 4.98. The summed E-state index contributed by atoms with van der Waals surface area (Å²) in [5, 5.41) is 0. The molecule has 138 valence electrons. The minimum Gasteiger partial charge on any atom is -0.481 e. The first-order valence-corrected chi connectivity index (χ1v) is 8.07. The number of nitrogens with one attached hydrogen (secondary N) is 2. The van der Waals surface area contributed by atoms with Crippen LogP contribution in [0.25, 0.3) is 0 Å². The second-order valence-corrected chi connectivity index (χ2v) is 5.71. The van der Waals surface area contributed by atoms with Gasteiger partial charge in [-0.1, -0.05) is 24.3 Å². The highest BCUT2D eigenvalue weighted by Gasteiger charge is 2.17. The van der Waals surface area contributed by atoms with E-state index in [4.69, 9.17) is 9.47 Å². The number of halogens is 1. The van der Waals surface area contributed by atoms with Gasteiger partial charge in [0.1, 0.15) is 5.75 Å². The van der Waals surface area contributed by atoms with E-state index < -0.39 is 30.3 Å². The third kappa shape index (κ3) is 5.20. The molecule has 6 nitrogen and oxygen atoms in total. The zero-order chi connectivity index (χ0) is 19.1. The normalized spacial score (nSPS) is 11.4. The predicted molar refractivity (Wildman–Crippen MR) is 94.2 cm³/mol. The molecule has 0 saturated carbocycles. The molecule has 0 aliphatic heterocycles. The second-order valence-electron chi connectivity index (χ2n) is 5.71. The molecule has 0 heterocycles. The lowest BCUT2D eigenvalue weighted by atomic mass is 10.1. The number of ether oxygens (including phenoxy) is 2. The maximum Gasteiger partial charge on any atom is 0.279 e.